The summed E-state index contributed by atoms with van der Waals surface area (Å²) < 4.78 is 69.8. The number of hydrogen-bond acceptors (Lipinski definition) is 8. The number of rotatable bonds is 5. The zero-order valence-corrected chi connectivity index (χ0v) is 20.8. The van der Waals surface area contributed by atoms with Crippen molar-refractivity contribution in [2.75, 3.05) is 0 Å². The molecule has 0 saturated heterocycles. The molecule has 1 unspecified atom stereocenters. The second-order valence-corrected chi connectivity index (χ2v) is 9.36. The number of aromatic nitrogens is 1. The average Bonchev–Trinajstić information content (AvgIpc) is 2.78. The van der Waals surface area contributed by atoms with Crippen LogP contribution >= 0.6 is 0 Å². The first kappa shape index (κ1) is 25.2. The molecule has 3 aromatic rings. The molecular formula is C20H15N4NaO6S2. The summed E-state index contributed by atoms with van der Waals surface area (Å²) in [5.41, 5.74) is 0.978. The number of hydrogen-bond donors (Lipinski definition) is 1. The number of pyridine rings is 1. The first-order valence-electron chi connectivity index (χ1n) is 9.11. The number of amidine groups is 1. The Kier molecular flexibility index (Phi) is 7.49. The van der Waals surface area contributed by atoms with Crippen LogP contribution in [0.25, 0.3) is 0 Å². The fraction of sp³-hybridized carbons (Fsp3) is 0.0500. The molecule has 0 fully saturated rings. The molecule has 0 saturated carbocycles. The van der Waals surface area contributed by atoms with Gasteiger partial charge in [0.2, 0.25) is 0 Å². The first-order chi connectivity index (χ1) is 15.2. The van der Waals surface area contributed by atoms with Crippen LogP contribution in [-0.2, 0) is 20.4 Å². The van der Waals surface area contributed by atoms with Crippen LogP contribution in [0.3, 0.4) is 0 Å². The minimum atomic E-state index is -5.10. The van der Waals surface area contributed by atoms with Crippen LogP contribution in [0.4, 0.5) is 0 Å². The van der Waals surface area contributed by atoms with E-state index in [1.165, 1.54) is 24.4 Å². The Morgan fingerprint density at radius 1 is 0.848 bits per heavy atom. The quantitative estimate of drug-likeness (QED) is 0.353. The smallest absolute Gasteiger partial charge is 0.731 e. The Hall–Kier alpha value is -2.45. The zero-order chi connectivity index (χ0) is 22.9. The van der Waals surface area contributed by atoms with Crippen molar-refractivity contribution in [1.82, 2.24) is 9.29 Å². The van der Waals surface area contributed by atoms with Crippen molar-refractivity contribution in [3.05, 3.63) is 95.8 Å². The topological polar surface area (TPSA) is 152 Å². The molecule has 13 heteroatoms. The summed E-state index contributed by atoms with van der Waals surface area (Å²) in [6, 6.07) is 16.9. The Balaban J connectivity index is 0.00000306. The third-order valence-corrected chi connectivity index (χ3v) is 6.39. The molecule has 0 bridgehead atoms. The molecule has 0 radical (unpaired) electrons. The van der Waals surface area contributed by atoms with Gasteiger partial charge in [0.05, 0.1) is 10.6 Å². The molecular weight excluding hydrogens is 479 g/mol. The second kappa shape index (κ2) is 9.81. The Labute approximate surface area is 212 Å². The van der Waals surface area contributed by atoms with E-state index < -0.39 is 26.5 Å². The minimum absolute atomic E-state index is 0. The maximum Gasteiger partial charge on any atom is 1.00 e. The summed E-state index contributed by atoms with van der Waals surface area (Å²) in [5, 5.41) is 8.15. The number of nitrogens with zero attached hydrogens (tertiary/aromatic N) is 4. The van der Waals surface area contributed by atoms with E-state index in [-0.39, 0.29) is 51.7 Å². The Morgan fingerprint density at radius 3 is 2.03 bits per heavy atom. The summed E-state index contributed by atoms with van der Waals surface area (Å²) in [4.78, 5) is 3.74. The van der Waals surface area contributed by atoms with Gasteiger partial charge in [0.25, 0.3) is 10.1 Å². The van der Waals surface area contributed by atoms with Crippen molar-refractivity contribution in [3.8, 4) is 0 Å². The van der Waals surface area contributed by atoms with E-state index >= 15 is 0 Å². The largest absolute Gasteiger partial charge is 1.00 e. The van der Waals surface area contributed by atoms with Crippen molar-refractivity contribution in [2.45, 2.75) is 10.9 Å². The van der Waals surface area contributed by atoms with Gasteiger partial charge in [0.1, 0.15) is 11.7 Å². The molecule has 164 valence electrons. The molecule has 1 aliphatic heterocycles. The summed E-state index contributed by atoms with van der Waals surface area (Å²) >= 11 is 0. The van der Waals surface area contributed by atoms with Crippen molar-refractivity contribution in [2.24, 2.45) is 10.2 Å². The van der Waals surface area contributed by atoms with Crippen molar-refractivity contribution in [3.63, 3.8) is 0 Å². The van der Waals surface area contributed by atoms with Crippen LogP contribution in [0.5, 0.6) is 0 Å². The van der Waals surface area contributed by atoms with Crippen molar-refractivity contribution >= 4 is 32.0 Å². The van der Waals surface area contributed by atoms with E-state index in [2.05, 4.69) is 15.2 Å². The maximum atomic E-state index is 12.4. The molecule has 1 aliphatic rings. The zero-order valence-electron chi connectivity index (χ0n) is 17.2. The molecule has 4 rings (SSSR count). The van der Waals surface area contributed by atoms with Crippen LogP contribution in [0.2, 0.25) is 0 Å². The van der Waals surface area contributed by atoms with E-state index in [9.17, 15) is 25.9 Å². The average molecular weight is 494 g/mol. The van der Waals surface area contributed by atoms with Crippen LogP contribution in [0.15, 0.2) is 94.1 Å². The molecule has 2 aromatic carbocycles. The van der Waals surface area contributed by atoms with E-state index in [4.69, 9.17) is 0 Å². The summed E-state index contributed by atoms with van der Waals surface area (Å²) in [5.74, 6) is -0.243. The second-order valence-electron chi connectivity index (χ2n) is 6.69. The molecule has 0 amide bonds. The summed E-state index contributed by atoms with van der Waals surface area (Å²) in [6.07, 6.45) is 1.43. The fourth-order valence-corrected chi connectivity index (χ4v) is 4.57. The molecule has 1 N–H and O–H groups in total. The standard InChI is InChI=1S/C20H16N4O6S2.Na/c25-31(26,27)16-11-9-14(10-12-16)18-19(15-6-2-1-3-7-15)24(32(28,29)30)20(23-22-18)17-8-4-5-13-21-17;/h1-13,19H,(H,25,26,27)(H,28,29,30);/q;+1/p-1. The normalized spacial score (nSPS) is 16.4. The molecule has 2 heterocycles. The molecule has 1 aromatic heterocycles. The van der Waals surface area contributed by atoms with Crippen LogP contribution in [0, 0.1) is 0 Å². The predicted molar refractivity (Wildman–Crippen MR) is 114 cm³/mol. The van der Waals surface area contributed by atoms with Gasteiger partial charge in [-0.1, -0.05) is 48.5 Å². The van der Waals surface area contributed by atoms with Crippen molar-refractivity contribution < 1.29 is 55.5 Å². The van der Waals surface area contributed by atoms with Gasteiger partial charge < -0.3 is 4.55 Å². The third kappa shape index (κ3) is 5.38. The van der Waals surface area contributed by atoms with Gasteiger partial charge in [-0.3, -0.25) is 9.54 Å². The van der Waals surface area contributed by atoms with Gasteiger partial charge in [-0.2, -0.15) is 13.5 Å². The van der Waals surface area contributed by atoms with Crippen LogP contribution in [0.1, 0.15) is 22.9 Å². The summed E-state index contributed by atoms with van der Waals surface area (Å²) in [6.45, 7) is 0. The monoisotopic (exact) mass is 494 g/mol. The SMILES string of the molecule is O=S(=O)(O)c1ccc(C2=NN=C(c3ccccn3)N(S(=O)(=O)[O-])C2c2ccccc2)cc1.[Na+]. The Morgan fingerprint density at radius 2 is 1.48 bits per heavy atom. The molecule has 10 nitrogen and oxygen atoms in total. The molecule has 0 aliphatic carbocycles. The van der Waals surface area contributed by atoms with E-state index in [0.717, 1.165) is 12.1 Å². The molecule has 0 spiro atoms. The van der Waals surface area contributed by atoms with E-state index in [0.29, 0.717) is 15.4 Å². The van der Waals surface area contributed by atoms with Gasteiger partial charge in [-0.05, 0) is 29.8 Å². The minimum Gasteiger partial charge on any atom is -0.731 e. The Bertz CT molecular complexity index is 1410. The maximum absolute atomic E-state index is 12.4. The molecule has 33 heavy (non-hydrogen) atoms. The first-order valence-corrected chi connectivity index (χ1v) is 11.9. The van der Waals surface area contributed by atoms with E-state index in [1.54, 1.807) is 42.5 Å². The van der Waals surface area contributed by atoms with Crippen LogP contribution < -0.4 is 29.6 Å². The third-order valence-electron chi connectivity index (χ3n) is 4.65. The summed E-state index contributed by atoms with van der Waals surface area (Å²) in [7, 11) is -9.52. The van der Waals surface area contributed by atoms with Crippen LogP contribution in [-0.4, -0.2) is 46.8 Å². The van der Waals surface area contributed by atoms with Gasteiger partial charge in [0, 0.05) is 11.8 Å². The predicted octanol–water partition coefficient (Wildman–Crippen LogP) is -1.000. The molecule has 1 atom stereocenters. The number of benzene rings is 2. The van der Waals surface area contributed by atoms with Gasteiger partial charge >= 0.3 is 29.6 Å². The van der Waals surface area contributed by atoms with Gasteiger partial charge in [0.15, 0.2) is 16.1 Å². The van der Waals surface area contributed by atoms with E-state index in [1.807, 2.05) is 0 Å². The van der Waals surface area contributed by atoms with Crippen molar-refractivity contribution in [1.29, 1.82) is 0 Å². The van der Waals surface area contributed by atoms with Gasteiger partial charge in [-0.15, -0.1) is 5.10 Å². The fourth-order valence-electron chi connectivity index (χ4n) is 3.27. The van der Waals surface area contributed by atoms with Gasteiger partial charge in [-0.25, -0.2) is 12.7 Å².